The van der Waals surface area contributed by atoms with Gasteiger partial charge in [-0.2, -0.15) is 0 Å². The maximum absolute atomic E-state index is 12.2. The number of nitrogens with zero attached hydrogens (tertiary/aromatic N) is 1. The van der Waals surface area contributed by atoms with Crippen molar-refractivity contribution in [3.8, 4) is 11.5 Å². The number of thioether (sulfide) groups is 1. The van der Waals surface area contributed by atoms with Gasteiger partial charge in [-0.25, -0.2) is 4.99 Å². The number of methoxy groups -OCH3 is 1. The van der Waals surface area contributed by atoms with Crippen LogP contribution in [-0.2, 0) is 4.79 Å². The van der Waals surface area contributed by atoms with Crippen LogP contribution in [0.2, 0.25) is 0 Å². The third-order valence-electron chi connectivity index (χ3n) is 3.87. The number of amidine groups is 1. The van der Waals surface area contributed by atoms with E-state index in [1.165, 1.54) is 30.5 Å². The Hall–Kier alpha value is -2.73. The van der Waals surface area contributed by atoms with E-state index in [4.69, 9.17) is 4.74 Å². The number of rotatable bonds is 3. The van der Waals surface area contributed by atoms with Gasteiger partial charge in [0.2, 0.25) is 0 Å². The number of hydrogen-bond acceptors (Lipinski definition) is 5. The highest BCUT2D eigenvalue weighted by atomic mass is 32.2. The number of benzene rings is 2. The van der Waals surface area contributed by atoms with E-state index in [-0.39, 0.29) is 11.7 Å². The van der Waals surface area contributed by atoms with Crippen molar-refractivity contribution in [3.05, 3.63) is 58.0 Å². The second kappa shape index (κ2) is 7.03. The zero-order valence-corrected chi connectivity index (χ0v) is 15.0. The molecule has 2 aromatic carbocycles. The number of aryl methyl sites for hydroxylation is 2. The fraction of sp³-hybridized carbons (Fsp3) is 0.158. The molecule has 0 saturated carbocycles. The topological polar surface area (TPSA) is 70.9 Å². The molecule has 3 rings (SSSR count). The van der Waals surface area contributed by atoms with Gasteiger partial charge in [-0.1, -0.05) is 12.1 Å². The van der Waals surface area contributed by atoms with Gasteiger partial charge in [0.25, 0.3) is 5.91 Å². The molecular weight excluding hydrogens is 336 g/mol. The highest BCUT2D eigenvalue weighted by Crippen LogP contribution is 2.31. The number of hydrogen-bond donors (Lipinski definition) is 2. The maximum Gasteiger partial charge on any atom is 0.264 e. The highest BCUT2D eigenvalue weighted by molar-refractivity contribution is 8.18. The Balaban J connectivity index is 1.84. The fourth-order valence-corrected chi connectivity index (χ4v) is 3.17. The number of aromatic hydroxyl groups is 1. The SMILES string of the molecule is COc1cc(/C=C2\SC(=Nc3ccc(C)c(C)c3)NC2=O)ccc1O. The quantitative estimate of drug-likeness (QED) is 0.820. The largest absolute Gasteiger partial charge is 0.504 e. The first-order valence-electron chi connectivity index (χ1n) is 7.70. The molecule has 2 N–H and O–H groups in total. The van der Waals surface area contributed by atoms with Crippen LogP contribution in [0.1, 0.15) is 16.7 Å². The summed E-state index contributed by atoms with van der Waals surface area (Å²) in [6.45, 7) is 4.08. The van der Waals surface area contributed by atoms with Crippen LogP contribution < -0.4 is 10.1 Å². The van der Waals surface area contributed by atoms with Crippen molar-refractivity contribution in [2.45, 2.75) is 13.8 Å². The van der Waals surface area contributed by atoms with Gasteiger partial charge in [0.1, 0.15) is 0 Å². The molecule has 1 aliphatic rings. The zero-order chi connectivity index (χ0) is 18.0. The van der Waals surface area contributed by atoms with Gasteiger partial charge in [0.05, 0.1) is 17.7 Å². The van der Waals surface area contributed by atoms with E-state index < -0.39 is 0 Å². The normalized spacial score (nSPS) is 17.2. The highest BCUT2D eigenvalue weighted by Gasteiger charge is 2.24. The molecule has 0 radical (unpaired) electrons. The molecule has 1 aliphatic heterocycles. The lowest BCUT2D eigenvalue weighted by molar-refractivity contribution is -0.115. The molecule has 0 atom stereocenters. The molecular formula is C19H18N2O3S. The molecule has 0 spiro atoms. The van der Waals surface area contributed by atoms with Crippen LogP contribution >= 0.6 is 11.8 Å². The number of aliphatic imine (C=N–C) groups is 1. The third-order valence-corrected chi connectivity index (χ3v) is 4.78. The summed E-state index contributed by atoms with van der Waals surface area (Å²) in [5.74, 6) is 0.228. The maximum atomic E-state index is 12.2. The molecule has 6 heteroatoms. The van der Waals surface area contributed by atoms with Crippen LogP contribution in [0.15, 0.2) is 46.3 Å². The number of ether oxygens (including phenoxy) is 1. The summed E-state index contributed by atoms with van der Waals surface area (Å²) in [4.78, 5) is 17.2. The second-order valence-corrected chi connectivity index (χ2v) is 6.71. The van der Waals surface area contributed by atoms with E-state index in [2.05, 4.69) is 10.3 Å². The van der Waals surface area contributed by atoms with E-state index in [0.717, 1.165) is 16.8 Å². The first-order valence-corrected chi connectivity index (χ1v) is 8.52. The lowest BCUT2D eigenvalue weighted by atomic mass is 10.1. The molecule has 0 aromatic heterocycles. The Morgan fingerprint density at radius 1 is 1.16 bits per heavy atom. The summed E-state index contributed by atoms with van der Waals surface area (Å²) in [6.07, 6.45) is 1.74. The summed E-state index contributed by atoms with van der Waals surface area (Å²) in [6, 6.07) is 10.9. The van der Waals surface area contributed by atoms with Gasteiger partial charge in [-0.3, -0.25) is 4.79 Å². The van der Waals surface area contributed by atoms with Crippen molar-refractivity contribution in [1.29, 1.82) is 0 Å². The van der Waals surface area contributed by atoms with Crippen molar-refractivity contribution >= 4 is 34.6 Å². The monoisotopic (exact) mass is 354 g/mol. The smallest absolute Gasteiger partial charge is 0.264 e. The average molecular weight is 354 g/mol. The van der Waals surface area contributed by atoms with Crippen molar-refractivity contribution in [2.75, 3.05) is 7.11 Å². The molecule has 1 fully saturated rings. The van der Waals surface area contributed by atoms with Gasteiger partial charge in [0.15, 0.2) is 16.7 Å². The fourth-order valence-electron chi connectivity index (χ4n) is 2.33. The van der Waals surface area contributed by atoms with Crippen LogP contribution in [-0.4, -0.2) is 23.3 Å². The number of phenolic OH excluding ortho intramolecular Hbond substituents is 1. The van der Waals surface area contributed by atoms with Crippen molar-refractivity contribution in [3.63, 3.8) is 0 Å². The molecule has 0 unspecified atom stereocenters. The van der Waals surface area contributed by atoms with Crippen LogP contribution in [0.3, 0.4) is 0 Å². The van der Waals surface area contributed by atoms with Crippen LogP contribution in [0.5, 0.6) is 11.5 Å². The summed E-state index contributed by atoms with van der Waals surface area (Å²) < 4.78 is 5.09. The van der Waals surface area contributed by atoms with E-state index in [9.17, 15) is 9.90 Å². The van der Waals surface area contributed by atoms with E-state index in [1.54, 1.807) is 18.2 Å². The summed E-state index contributed by atoms with van der Waals surface area (Å²) in [7, 11) is 1.48. The Kier molecular flexibility index (Phi) is 4.81. The van der Waals surface area contributed by atoms with Crippen molar-refractivity contribution < 1.29 is 14.6 Å². The van der Waals surface area contributed by atoms with Crippen LogP contribution in [0, 0.1) is 13.8 Å². The van der Waals surface area contributed by atoms with E-state index >= 15 is 0 Å². The molecule has 25 heavy (non-hydrogen) atoms. The number of carbonyl (C=O) groups is 1. The summed E-state index contributed by atoms with van der Waals surface area (Å²) >= 11 is 1.28. The Bertz CT molecular complexity index is 904. The summed E-state index contributed by atoms with van der Waals surface area (Å²) in [5.41, 5.74) is 3.93. The predicted molar refractivity (Wildman–Crippen MR) is 101 cm³/mol. The number of nitrogens with one attached hydrogen (secondary N) is 1. The standard InChI is InChI=1S/C19H18N2O3S/c1-11-4-6-14(8-12(11)2)20-19-21-18(23)17(25-19)10-13-5-7-15(22)16(9-13)24-3/h4-10,22H,1-3H3,(H,20,21,23)/b17-10-. The van der Waals surface area contributed by atoms with E-state index in [1.807, 2.05) is 32.0 Å². The third kappa shape index (κ3) is 3.85. The van der Waals surface area contributed by atoms with Gasteiger partial charge in [-0.15, -0.1) is 0 Å². The minimum Gasteiger partial charge on any atom is -0.504 e. The minimum atomic E-state index is -0.195. The van der Waals surface area contributed by atoms with Crippen molar-refractivity contribution in [2.24, 2.45) is 4.99 Å². The van der Waals surface area contributed by atoms with Crippen LogP contribution in [0.4, 0.5) is 5.69 Å². The lowest BCUT2D eigenvalue weighted by Crippen LogP contribution is -2.19. The molecule has 0 bridgehead atoms. The molecule has 1 amide bonds. The van der Waals surface area contributed by atoms with Crippen LogP contribution in [0.25, 0.3) is 6.08 Å². The lowest BCUT2D eigenvalue weighted by Gasteiger charge is -2.04. The second-order valence-electron chi connectivity index (χ2n) is 5.68. The average Bonchev–Trinajstić information content (AvgIpc) is 2.92. The predicted octanol–water partition coefficient (Wildman–Crippen LogP) is 3.91. The molecule has 128 valence electrons. The van der Waals surface area contributed by atoms with Gasteiger partial charge < -0.3 is 15.2 Å². The Morgan fingerprint density at radius 3 is 2.68 bits per heavy atom. The van der Waals surface area contributed by atoms with Crippen molar-refractivity contribution in [1.82, 2.24) is 5.32 Å². The zero-order valence-electron chi connectivity index (χ0n) is 14.2. The molecule has 5 nitrogen and oxygen atoms in total. The minimum absolute atomic E-state index is 0.0603. The number of amides is 1. The molecule has 0 aliphatic carbocycles. The first kappa shape index (κ1) is 17.1. The van der Waals surface area contributed by atoms with Gasteiger partial charge in [0, 0.05) is 0 Å². The van der Waals surface area contributed by atoms with Gasteiger partial charge in [-0.05, 0) is 72.6 Å². The van der Waals surface area contributed by atoms with Gasteiger partial charge >= 0.3 is 0 Å². The van der Waals surface area contributed by atoms with E-state index in [0.29, 0.717) is 15.8 Å². The molecule has 2 aromatic rings. The Labute approximate surface area is 150 Å². The molecule has 1 saturated heterocycles. The summed E-state index contributed by atoms with van der Waals surface area (Å²) in [5, 5.41) is 13.0. The molecule has 1 heterocycles. The number of phenols is 1. The number of carbonyl (C=O) groups excluding carboxylic acids is 1. The Morgan fingerprint density at radius 2 is 1.96 bits per heavy atom. The first-order chi connectivity index (χ1) is 12.0.